The van der Waals surface area contributed by atoms with Crippen molar-refractivity contribution in [2.75, 3.05) is 10.6 Å². The van der Waals surface area contributed by atoms with Gasteiger partial charge in [-0.05, 0) is 53.3 Å². The third-order valence-electron chi connectivity index (χ3n) is 3.91. The summed E-state index contributed by atoms with van der Waals surface area (Å²) in [4.78, 5) is 18.6. The Morgan fingerprint density at radius 2 is 1.64 bits per heavy atom. The smallest absolute Gasteiger partial charge is 0.258 e. The fourth-order valence-corrected chi connectivity index (χ4v) is 2.94. The van der Waals surface area contributed by atoms with Crippen molar-refractivity contribution in [2.45, 2.75) is 0 Å². The Hall–Kier alpha value is -3.25. The van der Waals surface area contributed by atoms with Gasteiger partial charge in [-0.25, -0.2) is 4.98 Å². The summed E-state index contributed by atoms with van der Waals surface area (Å²) in [6.07, 6.45) is 1.39. The SMILES string of the molecule is O=c1[nH]cnc2ccc(NC(=S)Nc3ccc4ccccc4c3)cc12. The van der Waals surface area contributed by atoms with E-state index in [1.54, 1.807) is 12.1 Å². The highest BCUT2D eigenvalue weighted by atomic mass is 32.1. The molecule has 122 valence electrons. The van der Waals surface area contributed by atoms with Crippen LogP contribution in [-0.2, 0) is 0 Å². The Balaban J connectivity index is 1.55. The molecule has 6 heteroatoms. The number of nitrogens with zero attached hydrogens (tertiary/aromatic N) is 1. The maximum atomic E-state index is 11.9. The van der Waals surface area contributed by atoms with Crippen LogP contribution in [0, 0.1) is 0 Å². The summed E-state index contributed by atoms with van der Waals surface area (Å²) in [6.45, 7) is 0. The average Bonchev–Trinajstić information content (AvgIpc) is 2.62. The number of anilines is 2. The van der Waals surface area contributed by atoms with Crippen LogP contribution in [0.5, 0.6) is 0 Å². The van der Waals surface area contributed by atoms with Gasteiger partial charge in [0.2, 0.25) is 0 Å². The van der Waals surface area contributed by atoms with Crippen LogP contribution in [0.15, 0.2) is 71.8 Å². The number of aromatic amines is 1. The summed E-state index contributed by atoms with van der Waals surface area (Å²) in [5.41, 5.74) is 2.09. The second-order valence-electron chi connectivity index (χ2n) is 5.60. The van der Waals surface area contributed by atoms with Gasteiger partial charge in [0, 0.05) is 11.4 Å². The molecular formula is C19H14N4OS. The molecule has 3 aromatic carbocycles. The zero-order valence-corrected chi connectivity index (χ0v) is 13.9. The van der Waals surface area contributed by atoms with E-state index in [1.807, 2.05) is 36.4 Å². The quantitative estimate of drug-likeness (QED) is 0.481. The number of benzene rings is 3. The Morgan fingerprint density at radius 3 is 2.48 bits per heavy atom. The molecule has 1 aromatic heterocycles. The van der Waals surface area contributed by atoms with Crippen LogP contribution in [0.3, 0.4) is 0 Å². The lowest BCUT2D eigenvalue weighted by molar-refractivity contribution is 1.17. The van der Waals surface area contributed by atoms with E-state index in [9.17, 15) is 4.79 Å². The Labute approximate surface area is 148 Å². The second-order valence-corrected chi connectivity index (χ2v) is 6.01. The van der Waals surface area contributed by atoms with E-state index in [2.05, 4.69) is 32.7 Å². The van der Waals surface area contributed by atoms with Gasteiger partial charge in [-0.1, -0.05) is 30.3 Å². The highest BCUT2D eigenvalue weighted by Crippen LogP contribution is 2.19. The van der Waals surface area contributed by atoms with E-state index < -0.39 is 0 Å². The molecule has 0 amide bonds. The van der Waals surface area contributed by atoms with Gasteiger partial charge in [-0.15, -0.1) is 0 Å². The number of H-pyrrole nitrogens is 1. The van der Waals surface area contributed by atoms with Crippen LogP contribution >= 0.6 is 12.2 Å². The number of hydrogen-bond acceptors (Lipinski definition) is 3. The molecular weight excluding hydrogens is 332 g/mol. The van der Waals surface area contributed by atoms with Gasteiger partial charge >= 0.3 is 0 Å². The number of hydrogen-bond donors (Lipinski definition) is 3. The molecule has 0 fully saturated rings. The minimum Gasteiger partial charge on any atom is -0.332 e. The van der Waals surface area contributed by atoms with E-state index in [4.69, 9.17) is 12.2 Å². The molecule has 0 radical (unpaired) electrons. The highest BCUT2D eigenvalue weighted by Gasteiger charge is 2.04. The third kappa shape index (κ3) is 3.20. The Kier molecular flexibility index (Phi) is 3.87. The van der Waals surface area contributed by atoms with E-state index >= 15 is 0 Å². The van der Waals surface area contributed by atoms with Gasteiger partial charge in [0.25, 0.3) is 5.56 Å². The first kappa shape index (κ1) is 15.3. The van der Waals surface area contributed by atoms with Gasteiger partial charge in [0.05, 0.1) is 17.2 Å². The molecule has 4 aromatic rings. The van der Waals surface area contributed by atoms with Crippen molar-refractivity contribution in [1.29, 1.82) is 0 Å². The van der Waals surface area contributed by atoms with Crippen molar-refractivity contribution in [3.8, 4) is 0 Å². The maximum absolute atomic E-state index is 11.9. The summed E-state index contributed by atoms with van der Waals surface area (Å²) in [5, 5.41) is 9.54. The number of aromatic nitrogens is 2. The van der Waals surface area contributed by atoms with Crippen LogP contribution < -0.4 is 16.2 Å². The Morgan fingerprint density at radius 1 is 0.920 bits per heavy atom. The van der Waals surface area contributed by atoms with Crippen molar-refractivity contribution in [3.05, 3.63) is 77.3 Å². The molecule has 25 heavy (non-hydrogen) atoms. The van der Waals surface area contributed by atoms with Crippen molar-refractivity contribution in [3.63, 3.8) is 0 Å². The lowest BCUT2D eigenvalue weighted by Gasteiger charge is -2.11. The summed E-state index contributed by atoms with van der Waals surface area (Å²) >= 11 is 5.37. The number of nitrogens with one attached hydrogen (secondary N) is 3. The molecule has 0 unspecified atom stereocenters. The van der Waals surface area contributed by atoms with E-state index in [-0.39, 0.29) is 5.56 Å². The van der Waals surface area contributed by atoms with E-state index in [0.29, 0.717) is 16.0 Å². The monoisotopic (exact) mass is 346 g/mol. The highest BCUT2D eigenvalue weighted by molar-refractivity contribution is 7.80. The van der Waals surface area contributed by atoms with E-state index in [1.165, 1.54) is 11.7 Å². The number of fused-ring (bicyclic) bond motifs is 2. The predicted molar refractivity (Wildman–Crippen MR) is 106 cm³/mol. The molecule has 0 atom stereocenters. The largest absolute Gasteiger partial charge is 0.332 e. The number of thiocarbonyl (C=S) groups is 1. The molecule has 1 heterocycles. The molecule has 0 aliphatic rings. The standard InChI is InChI=1S/C19H14N4OS/c24-18-16-10-15(7-8-17(16)20-11-21-18)23-19(25)22-14-6-5-12-3-1-2-4-13(12)9-14/h1-11H,(H,20,21,24)(H2,22,23,25). The lowest BCUT2D eigenvalue weighted by Crippen LogP contribution is -2.19. The molecule has 0 saturated carbocycles. The van der Waals surface area contributed by atoms with Crippen LogP contribution in [0.4, 0.5) is 11.4 Å². The van der Waals surface area contributed by atoms with Crippen LogP contribution in [0.25, 0.3) is 21.7 Å². The van der Waals surface area contributed by atoms with Gasteiger partial charge in [-0.2, -0.15) is 0 Å². The van der Waals surface area contributed by atoms with Gasteiger partial charge in [0.15, 0.2) is 5.11 Å². The van der Waals surface area contributed by atoms with Crippen molar-refractivity contribution < 1.29 is 0 Å². The molecule has 0 saturated heterocycles. The van der Waals surface area contributed by atoms with Crippen molar-refractivity contribution in [2.24, 2.45) is 0 Å². The normalized spacial score (nSPS) is 10.7. The van der Waals surface area contributed by atoms with Gasteiger partial charge in [0.1, 0.15) is 0 Å². The first-order valence-electron chi connectivity index (χ1n) is 7.73. The molecule has 0 spiro atoms. The fourth-order valence-electron chi connectivity index (χ4n) is 2.71. The molecule has 0 aliphatic carbocycles. The Bertz CT molecular complexity index is 1150. The summed E-state index contributed by atoms with van der Waals surface area (Å²) in [5.74, 6) is 0. The van der Waals surface area contributed by atoms with Gasteiger partial charge in [-0.3, -0.25) is 4.79 Å². The maximum Gasteiger partial charge on any atom is 0.258 e. The van der Waals surface area contributed by atoms with Gasteiger partial charge < -0.3 is 15.6 Å². The third-order valence-corrected chi connectivity index (χ3v) is 4.11. The predicted octanol–water partition coefficient (Wildman–Crippen LogP) is 3.89. The topological polar surface area (TPSA) is 69.8 Å². The average molecular weight is 346 g/mol. The first-order valence-corrected chi connectivity index (χ1v) is 8.14. The van der Waals surface area contributed by atoms with Crippen LogP contribution in [-0.4, -0.2) is 15.1 Å². The first-order chi connectivity index (χ1) is 12.2. The summed E-state index contributed by atoms with van der Waals surface area (Å²) in [7, 11) is 0. The molecule has 0 aliphatic heterocycles. The molecule has 3 N–H and O–H groups in total. The summed E-state index contributed by atoms with van der Waals surface area (Å²) in [6, 6.07) is 19.5. The second kappa shape index (κ2) is 6.33. The minimum atomic E-state index is -0.179. The van der Waals surface area contributed by atoms with Crippen molar-refractivity contribution in [1.82, 2.24) is 9.97 Å². The number of rotatable bonds is 2. The zero-order chi connectivity index (χ0) is 17.2. The zero-order valence-electron chi connectivity index (χ0n) is 13.1. The fraction of sp³-hybridized carbons (Fsp3) is 0. The molecule has 0 bridgehead atoms. The van der Waals surface area contributed by atoms with Crippen LogP contribution in [0.2, 0.25) is 0 Å². The molecule has 4 rings (SSSR count). The van der Waals surface area contributed by atoms with Crippen LogP contribution in [0.1, 0.15) is 0 Å². The van der Waals surface area contributed by atoms with E-state index in [0.717, 1.165) is 16.8 Å². The lowest BCUT2D eigenvalue weighted by atomic mass is 10.1. The molecule has 5 nitrogen and oxygen atoms in total. The summed E-state index contributed by atoms with van der Waals surface area (Å²) < 4.78 is 0. The minimum absolute atomic E-state index is 0.179. The van der Waals surface area contributed by atoms with Crippen molar-refractivity contribution >= 4 is 50.4 Å².